The van der Waals surface area contributed by atoms with Crippen molar-refractivity contribution in [3.63, 3.8) is 0 Å². The van der Waals surface area contributed by atoms with E-state index in [9.17, 15) is 4.79 Å². The number of carbonyl (C=O) groups excluding carboxylic acids is 1. The molecule has 0 atom stereocenters. The minimum atomic E-state index is -0.0978. The molecule has 1 aliphatic carbocycles. The van der Waals surface area contributed by atoms with Crippen molar-refractivity contribution in [2.75, 3.05) is 12.8 Å². The zero-order chi connectivity index (χ0) is 18.5. The van der Waals surface area contributed by atoms with Gasteiger partial charge in [-0.2, -0.15) is 0 Å². The van der Waals surface area contributed by atoms with Crippen LogP contribution >= 0.6 is 0 Å². The predicted octanol–water partition coefficient (Wildman–Crippen LogP) is 3.30. The zero-order valence-electron chi connectivity index (χ0n) is 14.6. The Morgan fingerprint density at radius 3 is 2.81 bits per heavy atom. The van der Waals surface area contributed by atoms with Crippen LogP contribution in [0.5, 0.6) is 5.75 Å². The summed E-state index contributed by atoms with van der Waals surface area (Å²) in [5.41, 5.74) is 11.5. The van der Waals surface area contributed by atoms with Gasteiger partial charge in [0.15, 0.2) is 0 Å². The standard InChI is InChI=1S/C21H16N4O2/c1-27-17-10-23-9-8-13(17)14-6-3-7-15-19(22)18-16(24-20(14)15)11-25(21(18)26)12-4-2-5-12/h2-10H,11H2,1H3,(H2,22,24). The van der Waals surface area contributed by atoms with Crippen LogP contribution < -0.4 is 10.5 Å². The second kappa shape index (κ2) is 5.67. The maximum absolute atomic E-state index is 12.9. The minimum Gasteiger partial charge on any atom is -0.494 e. The molecule has 2 N–H and O–H groups in total. The first-order chi connectivity index (χ1) is 13.2. The van der Waals surface area contributed by atoms with Crippen molar-refractivity contribution in [3.05, 3.63) is 71.8 Å². The largest absolute Gasteiger partial charge is 0.494 e. The Bertz CT molecular complexity index is 1180. The van der Waals surface area contributed by atoms with Gasteiger partial charge in [0.1, 0.15) is 5.75 Å². The van der Waals surface area contributed by atoms with E-state index in [0.717, 1.165) is 27.7 Å². The molecule has 0 radical (unpaired) electrons. The Morgan fingerprint density at radius 2 is 2.07 bits per heavy atom. The molecule has 1 aliphatic heterocycles. The molecule has 3 aromatic rings. The molecular formula is C21H16N4O2. The van der Waals surface area contributed by atoms with Crippen LogP contribution in [0.4, 0.5) is 5.69 Å². The van der Waals surface area contributed by atoms with Crippen molar-refractivity contribution in [2.24, 2.45) is 0 Å². The maximum Gasteiger partial charge on any atom is 0.262 e. The highest BCUT2D eigenvalue weighted by molar-refractivity contribution is 6.12. The lowest BCUT2D eigenvalue weighted by molar-refractivity contribution is 0.0831. The van der Waals surface area contributed by atoms with Gasteiger partial charge in [0.2, 0.25) is 0 Å². The topological polar surface area (TPSA) is 81.3 Å². The summed E-state index contributed by atoms with van der Waals surface area (Å²) < 4.78 is 5.46. The molecule has 2 aromatic heterocycles. The highest BCUT2D eigenvalue weighted by atomic mass is 16.5. The summed E-state index contributed by atoms with van der Waals surface area (Å²) in [6.07, 6.45) is 9.12. The third kappa shape index (κ3) is 2.16. The second-order valence-electron chi connectivity index (χ2n) is 6.47. The molecule has 132 valence electrons. The molecular weight excluding hydrogens is 340 g/mol. The van der Waals surface area contributed by atoms with Crippen LogP contribution in [-0.2, 0) is 6.54 Å². The van der Waals surface area contributed by atoms with E-state index in [2.05, 4.69) is 4.98 Å². The number of hydrogen-bond donors (Lipinski definition) is 1. The lowest BCUT2D eigenvalue weighted by Crippen LogP contribution is -2.24. The number of hydrogen-bond acceptors (Lipinski definition) is 5. The molecule has 0 saturated heterocycles. The zero-order valence-corrected chi connectivity index (χ0v) is 14.6. The third-order valence-electron chi connectivity index (χ3n) is 5.04. The van der Waals surface area contributed by atoms with E-state index >= 15 is 0 Å². The van der Waals surface area contributed by atoms with Gasteiger partial charge in [0.25, 0.3) is 5.91 Å². The van der Waals surface area contributed by atoms with E-state index in [1.54, 1.807) is 24.4 Å². The van der Waals surface area contributed by atoms with Crippen molar-refractivity contribution in [3.8, 4) is 16.9 Å². The van der Waals surface area contributed by atoms with Crippen molar-refractivity contribution in [1.29, 1.82) is 0 Å². The van der Waals surface area contributed by atoms with Gasteiger partial charge in [-0.3, -0.25) is 9.78 Å². The Hall–Kier alpha value is -3.67. The number of anilines is 1. The summed E-state index contributed by atoms with van der Waals surface area (Å²) in [4.78, 5) is 23.5. The van der Waals surface area contributed by atoms with Gasteiger partial charge in [-0.25, -0.2) is 4.98 Å². The second-order valence-corrected chi connectivity index (χ2v) is 6.47. The molecule has 2 aliphatic rings. The molecule has 1 aromatic carbocycles. The number of carbonyl (C=O) groups is 1. The quantitative estimate of drug-likeness (QED) is 0.779. The first-order valence-corrected chi connectivity index (χ1v) is 8.58. The first kappa shape index (κ1) is 15.6. The van der Waals surface area contributed by atoms with Gasteiger partial charge in [-0.05, 0) is 18.2 Å². The molecule has 1 amide bonds. The predicted molar refractivity (Wildman–Crippen MR) is 103 cm³/mol. The van der Waals surface area contributed by atoms with E-state index in [1.807, 2.05) is 42.5 Å². The molecule has 3 heterocycles. The van der Waals surface area contributed by atoms with E-state index in [4.69, 9.17) is 15.5 Å². The summed E-state index contributed by atoms with van der Waals surface area (Å²) in [7, 11) is 1.61. The van der Waals surface area contributed by atoms with Crippen LogP contribution in [0.25, 0.3) is 22.0 Å². The minimum absolute atomic E-state index is 0.0978. The average molecular weight is 356 g/mol. The lowest BCUT2D eigenvalue weighted by atomic mass is 9.99. The van der Waals surface area contributed by atoms with Gasteiger partial charge < -0.3 is 15.4 Å². The molecule has 0 bridgehead atoms. The number of para-hydroxylation sites is 1. The Balaban J connectivity index is 1.74. The number of rotatable bonds is 3. The van der Waals surface area contributed by atoms with Gasteiger partial charge >= 0.3 is 0 Å². The summed E-state index contributed by atoms with van der Waals surface area (Å²) >= 11 is 0. The molecule has 6 heteroatoms. The molecule has 0 fully saturated rings. The van der Waals surface area contributed by atoms with Crippen molar-refractivity contribution < 1.29 is 9.53 Å². The highest BCUT2D eigenvalue weighted by Crippen LogP contribution is 2.39. The number of benzene rings is 1. The van der Waals surface area contributed by atoms with E-state index in [0.29, 0.717) is 29.2 Å². The number of nitrogens with two attached hydrogens (primary N) is 1. The Morgan fingerprint density at radius 1 is 1.22 bits per heavy atom. The third-order valence-corrected chi connectivity index (χ3v) is 5.04. The summed E-state index contributed by atoms with van der Waals surface area (Å²) in [6.45, 7) is 0.423. The highest BCUT2D eigenvalue weighted by Gasteiger charge is 2.34. The maximum atomic E-state index is 12.9. The van der Waals surface area contributed by atoms with Crippen molar-refractivity contribution >= 4 is 22.5 Å². The molecule has 27 heavy (non-hydrogen) atoms. The summed E-state index contributed by atoms with van der Waals surface area (Å²) in [6, 6.07) is 7.68. The Labute approximate surface area is 155 Å². The van der Waals surface area contributed by atoms with Crippen molar-refractivity contribution in [1.82, 2.24) is 14.9 Å². The molecule has 6 nitrogen and oxygen atoms in total. The van der Waals surface area contributed by atoms with Crippen molar-refractivity contribution in [2.45, 2.75) is 6.54 Å². The number of fused-ring (bicyclic) bond motifs is 2. The smallest absolute Gasteiger partial charge is 0.262 e. The fourth-order valence-corrected chi connectivity index (χ4v) is 3.63. The lowest BCUT2D eigenvalue weighted by Gasteiger charge is -2.19. The number of allylic oxidation sites excluding steroid dienone is 3. The molecule has 0 unspecified atom stereocenters. The summed E-state index contributed by atoms with van der Waals surface area (Å²) in [5.74, 6) is 0.563. The van der Waals surface area contributed by atoms with Gasteiger partial charge in [-0.15, -0.1) is 0 Å². The van der Waals surface area contributed by atoms with E-state index < -0.39 is 0 Å². The number of pyridine rings is 2. The normalized spacial score (nSPS) is 14.9. The van der Waals surface area contributed by atoms with Crippen LogP contribution in [0.1, 0.15) is 16.1 Å². The number of nitrogens with zero attached hydrogens (tertiary/aromatic N) is 3. The van der Waals surface area contributed by atoms with E-state index in [1.165, 1.54) is 0 Å². The molecule has 5 rings (SSSR count). The first-order valence-electron chi connectivity index (χ1n) is 8.58. The number of methoxy groups -OCH3 is 1. The SMILES string of the molecule is COc1cnccc1-c1cccc2c(N)c3c(nc12)CN(C1=CC=C1)C3=O. The van der Waals surface area contributed by atoms with Crippen LogP contribution in [-0.4, -0.2) is 27.9 Å². The van der Waals surface area contributed by atoms with Crippen LogP contribution in [0, 0.1) is 0 Å². The van der Waals surface area contributed by atoms with Crippen LogP contribution in [0.15, 0.2) is 60.6 Å². The fourth-order valence-electron chi connectivity index (χ4n) is 3.63. The molecule has 0 spiro atoms. The van der Waals surface area contributed by atoms with E-state index in [-0.39, 0.29) is 5.91 Å². The van der Waals surface area contributed by atoms with Crippen LogP contribution in [0.3, 0.4) is 0 Å². The number of nitrogen functional groups attached to an aromatic ring is 1. The number of ether oxygens (including phenoxy) is 1. The number of aromatic nitrogens is 2. The van der Waals surface area contributed by atoms with Gasteiger partial charge in [-0.1, -0.05) is 24.3 Å². The van der Waals surface area contributed by atoms with Gasteiger partial charge in [0.05, 0.1) is 42.3 Å². The molecule has 0 saturated carbocycles. The average Bonchev–Trinajstić information content (AvgIpc) is 2.96. The Kier molecular flexibility index (Phi) is 3.27. The fraction of sp³-hybridized carbons (Fsp3) is 0.0952. The van der Waals surface area contributed by atoms with Gasteiger partial charge in [0, 0.05) is 28.4 Å². The monoisotopic (exact) mass is 356 g/mol. The summed E-state index contributed by atoms with van der Waals surface area (Å²) in [5, 5.41) is 0.762. The number of amides is 1. The van der Waals surface area contributed by atoms with Crippen LogP contribution in [0.2, 0.25) is 0 Å².